The van der Waals surface area contributed by atoms with Crippen LogP contribution in [-0.2, 0) is 11.3 Å². The molecule has 2 aromatic rings. The third-order valence-electron chi connectivity index (χ3n) is 4.43. The zero-order valence-corrected chi connectivity index (χ0v) is 14.3. The van der Waals surface area contributed by atoms with E-state index >= 15 is 0 Å². The molecule has 7 heteroatoms. The highest BCUT2D eigenvalue weighted by Gasteiger charge is 2.22. The minimum absolute atomic E-state index is 0.0404. The number of nitriles is 1. The van der Waals surface area contributed by atoms with Gasteiger partial charge < -0.3 is 9.84 Å². The van der Waals surface area contributed by atoms with Crippen LogP contribution < -0.4 is 5.56 Å². The molecule has 26 heavy (non-hydrogen) atoms. The van der Waals surface area contributed by atoms with Crippen LogP contribution in [0.4, 0.5) is 10.1 Å². The minimum Gasteiger partial charge on any atom is -0.494 e. The molecule has 1 saturated heterocycles. The molecule has 0 radical (unpaired) electrons. The van der Waals surface area contributed by atoms with Crippen LogP contribution in [0.1, 0.15) is 29.5 Å². The minimum atomic E-state index is -0.545. The number of ether oxygens (including phenoxy) is 1. The van der Waals surface area contributed by atoms with Crippen molar-refractivity contribution in [3.63, 3.8) is 0 Å². The third-order valence-corrected chi connectivity index (χ3v) is 4.43. The van der Waals surface area contributed by atoms with Crippen molar-refractivity contribution >= 4 is 11.9 Å². The van der Waals surface area contributed by atoms with E-state index in [9.17, 15) is 19.6 Å². The summed E-state index contributed by atoms with van der Waals surface area (Å²) in [6.45, 7) is 2.38. The van der Waals surface area contributed by atoms with Crippen molar-refractivity contribution in [2.45, 2.75) is 32.4 Å². The average molecular weight is 355 g/mol. The van der Waals surface area contributed by atoms with Crippen molar-refractivity contribution in [3.8, 4) is 11.9 Å². The Bertz CT molecular complexity index is 936. The van der Waals surface area contributed by atoms with E-state index in [1.54, 1.807) is 6.92 Å². The lowest BCUT2D eigenvalue weighted by atomic mass is 10.1. The third kappa shape index (κ3) is 3.51. The van der Waals surface area contributed by atoms with Gasteiger partial charge in [-0.15, -0.1) is 0 Å². The standard InChI is InChI=1S/C19H18FN3O3/c1-12-16(9-21)18(24)23(11-15-3-2-8-26-15)19(25)17(12)10-22-14-6-4-13(20)5-7-14/h4-7,10,15,25H,2-3,8,11H2,1H3. The number of hydrogen-bond donors (Lipinski definition) is 1. The predicted octanol–water partition coefficient (Wildman–Crippen LogP) is 2.80. The summed E-state index contributed by atoms with van der Waals surface area (Å²) in [5.74, 6) is -0.632. The van der Waals surface area contributed by atoms with Gasteiger partial charge in [-0.25, -0.2) is 4.39 Å². The Kier molecular flexibility index (Phi) is 5.14. The van der Waals surface area contributed by atoms with Crippen molar-refractivity contribution in [2.24, 2.45) is 4.99 Å². The number of pyridine rings is 1. The summed E-state index contributed by atoms with van der Waals surface area (Å²) in [4.78, 5) is 16.7. The Hall–Kier alpha value is -2.98. The maximum absolute atomic E-state index is 13.0. The molecule has 1 fully saturated rings. The molecule has 1 aromatic carbocycles. The van der Waals surface area contributed by atoms with Gasteiger partial charge in [-0.2, -0.15) is 5.26 Å². The SMILES string of the molecule is Cc1c(C=Nc2ccc(F)cc2)c(O)n(CC2CCCO2)c(=O)c1C#N. The van der Waals surface area contributed by atoms with Crippen LogP contribution >= 0.6 is 0 Å². The molecule has 0 aliphatic carbocycles. The Balaban J connectivity index is 2.04. The number of aromatic hydroxyl groups is 1. The topological polar surface area (TPSA) is 87.6 Å². The largest absolute Gasteiger partial charge is 0.494 e. The van der Waals surface area contributed by atoms with E-state index in [1.165, 1.54) is 30.5 Å². The first-order valence-electron chi connectivity index (χ1n) is 8.29. The van der Waals surface area contributed by atoms with Crippen LogP contribution in [0.15, 0.2) is 34.1 Å². The van der Waals surface area contributed by atoms with Crippen molar-refractivity contribution in [1.29, 1.82) is 5.26 Å². The first-order valence-corrected chi connectivity index (χ1v) is 8.29. The maximum Gasteiger partial charge on any atom is 0.271 e. The van der Waals surface area contributed by atoms with Gasteiger partial charge in [0.05, 0.1) is 23.9 Å². The van der Waals surface area contributed by atoms with Crippen molar-refractivity contribution in [2.75, 3.05) is 6.61 Å². The first-order chi connectivity index (χ1) is 12.5. The Labute approximate surface area is 149 Å². The summed E-state index contributed by atoms with van der Waals surface area (Å²) in [6.07, 6.45) is 2.90. The summed E-state index contributed by atoms with van der Waals surface area (Å²) < 4.78 is 19.7. The van der Waals surface area contributed by atoms with Crippen LogP contribution in [-0.4, -0.2) is 28.6 Å². The van der Waals surface area contributed by atoms with Gasteiger partial charge in [0.2, 0.25) is 5.88 Å². The maximum atomic E-state index is 13.0. The van der Waals surface area contributed by atoms with Gasteiger partial charge >= 0.3 is 0 Å². The van der Waals surface area contributed by atoms with Gasteiger partial charge in [-0.3, -0.25) is 14.4 Å². The second kappa shape index (κ2) is 7.50. The number of aliphatic imine (C=N–C) groups is 1. The summed E-state index contributed by atoms with van der Waals surface area (Å²) in [6, 6.07) is 7.44. The quantitative estimate of drug-likeness (QED) is 0.854. The van der Waals surface area contributed by atoms with Crippen LogP contribution in [0.2, 0.25) is 0 Å². The van der Waals surface area contributed by atoms with E-state index in [4.69, 9.17) is 4.74 Å². The molecule has 1 aliphatic rings. The molecule has 0 saturated carbocycles. The van der Waals surface area contributed by atoms with Gasteiger partial charge in [0.1, 0.15) is 17.4 Å². The summed E-state index contributed by atoms with van der Waals surface area (Å²) in [5.41, 5.74) is 0.534. The van der Waals surface area contributed by atoms with Crippen molar-refractivity contribution < 1.29 is 14.2 Å². The molecule has 1 N–H and O–H groups in total. The summed E-state index contributed by atoms with van der Waals surface area (Å²) in [5, 5.41) is 20.0. The highest BCUT2D eigenvalue weighted by Crippen LogP contribution is 2.23. The number of hydrogen-bond acceptors (Lipinski definition) is 5. The molecule has 6 nitrogen and oxygen atoms in total. The highest BCUT2D eigenvalue weighted by atomic mass is 19.1. The van der Waals surface area contributed by atoms with Crippen LogP contribution in [0.25, 0.3) is 0 Å². The molecule has 3 rings (SSSR count). The summed E-state index contributed by atoms with van der Waals surface area (Å²) in [7, 11) is 0. The van der Waals surface area contributed by atoms with Crippen LogP contribution in [0.3, 0.4) is 0 Å². The summed E-state index contributed by atoms with van der Waals surface area (Å²) >= 11 is 0. The molecule has 0 spiro atoms. The monoisotopic (exact) mass is 355 g/mol. The lowest BCUT2D eigenvalue weighted by Crippen LogP contribution is -2.29. The molecule has 1 unspecified atom stereocenters. The zero-order valence-electron chi connectivity index (χ0n) is 14.3. The fraction of sp³-hybridized carbons (Fsp3) is 0.316. The molecule has 1 aromatic heterocycles. The molecule has 2 heterocycles. The van der Waals surface area contributed by atoms with E-state index in [1.807, 2.05) is 6.07 Å². The van der Waals surface area contributed by atoms with Gasteiger partial charge in [0.25, 0.3) is 5.56 Å². The smallest absolute Gasteiger partial charge is 0.271 e. The fourth-order valence-corrected chi connectivity index (χ4v) is 2.95. The lowest BCUT2D eigenvalue weighted by Gasteiger charge is -2.17. The van der Waals surface area contributed by atoms with Gasteiger partial charge in [-0.1, -0.05) is 0 Å². The van der Waals surface area contributed by atoms with E-state index in [0.717, 1.165) is 17.4 Å². The average Bonchev–Trinajstić information content (AvgIpc) is 3.14. The normalized spacial score (nSPS) is 16.9. The van der Waals surface area contributed by atoms with E-state index in [-0.39, 0.29) is 35.5 Å². The highest BCUT2D eigenvalue weighted by molar-refractivity contribution is 5.87. The Morgan fingerprint density at radius 1 is 1.46 bits per heavy atom. The lowest BCUT2D eigenvalue weighted by molar-refractivity contribution is 0.0938. The van der Waals surface area contributed by atoms with Crippen LogP contribution in [0.5, 0.6) is 5.88 Å². The Morgan fingerprint density at radius 3 is 2.81 bits per heavy atom. The predicted molar refractivity (Wildman–Crippen MR) is 94.4 cm³/mol. The zero-order chi connectivity index (χ0) is 18.7. The molecule has 1 atom stereocenters. The fourth-order valence-electron chi connectivity index (χ4n) is 2.95. The molecular formula is C19H18FN3O3. The molecule has 0 amide bonds. The molecular weight excluding hydrogens is 337 g/mol. The second-order valence-electron chi connectivity index (χ2n) is 6.13. The first kappa shape index (κ1) is 17.8. The van der Waals surface area contributed by atoms with Crippen LogP contribution in [0, 0.1) is 24.1 Å². The number of benzene rings is 1. The van der Waals surface area contributed by atoms with Crippen molar-refractivity contribution in [3.05, 3.63) is 57.1 Å². The van der Waals surface area contributed by atoms with E-state index in [0.29, 0.717) is 17.9 Å². The second-order valence-corrected chi connectivity index (χ2v) is 6.13. The van der Waals surface area contributed by atoms with Crippen molar-refractivity contribution in [1.82, 2.24) is 4.57 Å². The number of halogens is 1. The number of rotatable bonds is 4. The van der Waals surface area contributed by atoms with Gasteiger partial charge in [0.15, 0.2) is 0 Å². The Morgan fingerprint density at radius 2 is 2.19 bits per heavy atom. The van der Waals surface area contributed by atoms with E-state index in [2.05, 4.69) is 4.99 Å². The molecule has 0 bridgehead atoms. The molecule has 1 aliphatic heterocycles. The number of aromatic nitrogens is 1. The van der Waals surface area contributed by atoms with E-state index < -0.39 is 5.56 Å². The van der Waals surface area contributed by atoms with Gasteiger partial charge in [-0.05, 0) is 49.6 Å². The van der Waals surface area contributed by atoms with Gasteiger partial charge in [0, 0.05) is 12.8 Å². The molecule has 134 valence electrons. The number of nitrogens with zero attached hydrogens (tertiary/aromatic N) is 3.